The Bertz CT molecular complexity index is 131. The predicted molar refractivity (Wildman–Crippen MR) is 54.3 cm³/mol. The van der Waals surface area contributed by atoms with Crippen molar-refractivity contribution in [3.8, 4) is 0 Å². The molecule has 0 aliphatic carbocycles. The zero-order valence-electron chi connectivity index (χ0n) is 9.01. The maximum atomic E-state index is 2.61. The number of hydrogen-bond donors (Lipinski definition) is 0. The first kappa shape index (κ1) is 10.0. The van der Waals surface area contributed by atoms with E-state index in [1.807, 2.05) is 0 Å². The van der Waals surface area contributed by atoms with E-state index in [0.29, 0.717) is 0 Å². The molecule has 0 radical (unpaired) electrons. The van der Waals surface area contributed by atoms with E-state index in [-0.39, 0.29) is 0 Å². The van der Waals surface area contributed by atoms with Crippen LogP contribution in [0.4, 0.5) is 0 Å². The van der Waals surface area contributed by atoms with E-state index in [1.54, 1.807) is 0 Å². The summed E-state index contributed by atoms with van der Waals surface area (Å²) in [5.41, 5.74) is 0. The summed E-state index contributed by atoms with van der Waals surface area (Å²) in [4.78, 5) is 2.61. The third-order valence-electron chi connectivity index (χ3n) is 3.37. The van der Waals surface area contributed by atoms with E-state index in [1.165, 1.54) is 25.9 Å². The lowest BCUT2D eigenvalue weighted by Gasteiger charge is -2.38. The van der Waals surface area contributed by atoms with Crippen LogP contribution in [0, 0.1) is 11.8 Å². The lowest BCUT2D eigenvalue weighted by Crippen LogP contribution is -2.42. The molecule has 0 aromatic carbocycles. The van der Waals surface area contributed by atoms with Crippen molar-refractivity contribution in [1.82, 2.24) is 4.90 Å². The molecular weight excluding hydrogens is 146 g/mol. The monoisotopic (exact) mass is 169 g/mol. The second kappa shape index (κ2) is 4.27. The quantitative estimate of drug-likeness (QED) is 0.614. The molecule has 1 nitrogen and oxygen atoms in total. The van der Waals surface area contributed by atoms with E-state index in [9.17, 15) is 0 Å². The van der Waals surface area contributed by atoms with Crippen molar-refractivity contribution in [1.29, 1.82) is 0 Å². The standard InChI is InChI=1S/C11H23N/c1-5-11-6-7-12(9(2)3)8-10(11)4/h9-11H,5-8H2,1-4H3/t10-,11+/m1/s1. The fourth-order valence-corrected chi connectivity index (χ4v) is 2.30. The molecule has 0 spiro atoms. The highest BCUT2D eigenvalue weighted by Crippen LogP contribution is 2.26. The molecule has 1 heteroatoms. The van der Waals surface area contributed by atoms with Gasteiger partial charge in [0, 0.05) is 12.6 Å². The summed E-state index contributed by atoms with van der Waals surface area (Å²) in [6, 6.07) is 0.741. The molecule has 1 fully saturated rings. The van der Waals surface area contributed by atoms with Crippen molar-refractivity contribution in [3.05, 3.63) is 0 Å². The van der Waals surface area contributed by atoms with Crippen molar-refractivity contribution in [2.75, 3.05) is 13.1 Å². The molecule has 0 amide bonds. The second-order valence-electron chi connectivity index (χ2n) is 4.52. The lowest BCUT2D eigenvalue weighted by atomic mass is 9.84. The summed E-state index contributed by atoms with van der Waals surface area (Å²) in [5.74, 6) is 1.89. The van der Waals surface area contributed by atoms with Crippen molar-refractivity contribution < 1.29 is 0 Å². The Morgan fingerprint density at radius 3 is 2.50 bits per heavy atom. The maximum absolute atomic E-state index is 2.61. The molecule has 0 saturated carbocycles. The fraction of sp³-hybridized carbons (Fsp3) is 1.00. The SMILES string of the molecule is CC[C@H]1CCN(C(C)C)C[C@H]1C. The Labute approximate surface area is 77.1 Å². The maximum Gasteiger partial charge on any atom is 0.00387 e. The van der Waals surface area contributed by atoms with Gasteiger partial charge in [-0.05, 0) is 38.6 Å². The van der Waals surface area contributed by atoms with Crippen molar-refractivity contribution in [3.63, 3.8) is 0 Å². The molecule has 0 aromatic rings. The van der Waals surface area contributed by atoms with Crippen LogP contribution in [-0.2, 0) is 0 Å². The Kier molecular flexibility index (Phi) is 3.57. The largest absolute Gasteiger partial charge is 0.301 e. The van der Waals surface area contributed by atoms with Gasteiger partial charge in [0.1, 0.15) is 0 Å². The summed E-state index contributed by atoms with van der Waals surface area (Å²) in [5, 5.41) is 0. The van der Waals surface area contributed by atoms with Crippen LogP contribution in [0.25, 0.3) is 0 Å². The van der Waals surface area contributed by atoms with Gasteiger partial charge in [0.25, 0.3) is 0 Å². The number of likely N-dealkylation sites (tertiary alicyclic amines) is 1. The minimum absolute atomic E-state index is 0.741. The highest BCUT2D eigenvalue weighted by atomic mass is 15.2. The molecule has 0 unspecified atom stereocenters. The van der Waals surface area contributed by atoms with Crippen LogP contribution >= 0.6 is 0 Å². The Balaban J connectivity index is 2.40. The van der Waals surface area contributed by atoms with E-state index >= 15 is 0 Å². The van der Waals surface area contributed by atoms with Crippen molar-refractivity contribution in [2.24, 2.45) is 11.8 Å². The predicted octanol–water partition coefficient (Wildman–Crippen LogP) is 2.76. The number of hydrogen-bond acceptors (Lipinski definition) is 1. The summed E-state index contributed by atoms with van der Waals surface area (Å²) < 4.78 is 0. The molecule has 1 rings (SSSR count). The van der Waals surface area contributed by atoms with Crippen LogP contribution in [-0.4, -0.2) is 24.0 Å². The summed E-state index contributed by atoms with van der Waals surface area (Å²) in [7, 11) is 0. The molecule has 1 aliphatic rings. The average Bonchev–Trinajstić information content (AvgIpc) is 2.04. The lowest BCUT2D eigenvalue weighted by molar-refractivity contribution is 0.100. The third-order valence-corrected chi connectivity index (χ3v) is 3.37. The fourth-order valence-electron chi connectivity index (χ4n) is 2.30. The average molecular weight is 169 g/mol. The molecule has 2 atom stereocenters. The van der Waals surface area contributed by atoms with Crippen LogP contribution < -0.4 is 0 Å². The third kappa shape index (κ3) is 2.22. The van der Waals surface area contributed by atoms with Crippen LogP contribution in [0.5, 0.6) is 0 Å². The molecule has 1 aliphatic heterocycles. The smallest absolute Gasteiger partial charge is 0.00387 e. The second-order valence-corrected chi connectivity index (χ2v) is 4.52. The topological polar surface area (TPSA) is 3.24 Å². The van der Waals surface area contributed by atoms with Crippen LogP contribution in [0.15, 0.2) is 0 Å². The zero-order chi connectivity index (χ0) is 9.14. The van der Waals surface area contributed by atoms with Crippen molar-refractivity contribution >= 4 is 0 Å². The van der Waals surface area contributed by atoms with Crippen LogP contribution in [0.2, 0.25) is 0 Å². The molecule has 1 saturated heterocycles. The van der Waals surface area contributed by atoms with Gasteiger partial charge < -0.3 is 4.90 Å². The van der Waals surface area contributed by atoms with Gasteiger partial charge in [-0.1, -0.05) is 20.3 Å². The first-order valence-corrected chi connectivity index (χ1v) is 5.39. The summed E-state index contributed by atoms with van der Waals surface area (Å²) in [6.45, 7) is 12.0. The normalized spacial score (nSPS) is 32.8. The van der Waals surface area contributed by atoms with Gasteiger partial charge in [-0.3, -0.25) is 0 Å². The highest BCUT2D eigenvalue weighted by Gasteiger charge is 2.25. The van der Waals surface area contributed by atoms with Crippen LogP contribution in [0.3, 0.4) is 0 Å². The molecule has 0 bridgehead atoms. The Morgan fingerprint density at radius 2 is 2.08 bits per heavy atom. The van der Waals surface area contributed by atoms with Crippen LogP contribution in [0.1, 0.15) is 40.5 Å². The van der Waals surface area contributed by atoms with E-state index in [4.69, 9.17) is 0 Å². The first-order chi connectivity index (χ1) is 5.65. The molecule has 72 valence electrons. The number of rotatable bonds is 2. The molecule has 1 heterocycles. The molecule has 12 heavy (non-hydrogen) atoms. The summed E-state index contributed by atoms with van der Waals surface area (Å²) >= 11 is 0. The molecule has 0 N–H and O–H groups in total. The van der Waals surface area contributed by atoms with Gasteiger partial charge in [-0.15, -0.1) is 0 Å². The van der Waals surface area contributed by atoms with E-state index in [2.05, 4.69) is 32.6 Å². The first-order valence-electron chi connectivity index (χ1n) is 5.39. The highest BCUT2D eigenvalue weighted by molar-refractivity contribution is 4.78. The number of nitrogens with zero attached hydrogens (tertiary/aromatic N) is 1. The van der Waals surface area contributed by atoms with Gasteiger partial charge >= 0.3 is 0 Å². The zero-order valence-corrected chi connectivity index (χ0v) is 9.01. The van der Waals surface area contributed by atoms with Gasteiger partial charge in [0.05, 0.1) is 0 Å². The molecular formula is C11H23N. The van der Waals surface area contributed by atoms with Crippen molar-refractivity contribution in [2.45, 2.75) is 46.6 Å². The van der Waals surface area contributed by atoms with Gasteiger partial charge in [-0.25, -0.2) is 0 Å². The minimum atomic E-state index is 0.741. The molecule has 0 aromatic heterocycles. The van der Waals surface area contributed by atoms with E-state index in [0.717, 1.165) is 17.9 Å². The van der Waals surface area contributed by atoms with E-state index < -0.39 is 0 Å². The minimum Gasteiger partial charge on any atom is -0.301 e. The number of piperidine rings is 1. The Hall–Kier alpha value is -0.0400. The van der Waals surface area contributed by atoms with Gasteiger partial charge in [-0.2, -0.15) is 0 Å². The van der Waals surface area contributed by atoms with Gasteiger partial charge in [0.2, 0.25) is 0 Å². The summed E-state index contributed by atoms with van der Waals surface area (Å²) in [6.07, 6.45) is 2.78. The van der Waals surface area contributed by atoms with Gasteiger partial charge in [0.15, 0.2) is 0 Å². The Morgan fingerprint density at radius 1 is 1.42 bits per heavy atom.